The molecule has 0 saturated carbocycles. The summed E-state index contributed by atoms with van der Waals surface area (Å²) in [6.45, 7) is 1.24. The van der Waals surface area contributed by atoms with E-state index < -0.39 is 11.9 Å². The number of nitrogens with zero attached hydrogens (tertiary/aromatic N) is 1. The molecular weight excluding hydrogens is 145 g/mol. The van der Waals surface area contributed by atoms with Gasteiger partial charge in [0.25, 0.3) is 0 Å². The Morgan fingerprint density at radius 1 is 1.50 bits per heavy atom. The summed E-state index contributed by atoms with van der Waals surface area (Å²) in [6.07, 6.45) is -3.34. The zero-order chi connectivity index (χ0) is 7.78. The first-order valence-corrected chi connectivity index (χ1v) is 2.61. The van der Waals surface area contributed by atoms with E-state index in [-0.39, 0.29) is 0 Å². The normalized spacial score (nSPS) is 18.8. The highest BCUT2D eigenvalue weighted by atomic mass is 19.4. The molecule has 0 bridgehead atoms. The van der Waals surface area contributed by atoms with Gasteiger partial charge in [-0.1, -0.05) is 0 Å². The molecule has 0 amide bonds. The highest BCUT2D eigenvalue weighted by molar-refractivity contribution is 5.13. The van der Waals surface area contributed by atoms with Crippen molar-refractivity contribution in [2.75, 3.05) is 7.05 Å². The third-order valence-electron chi connectivity index (χ3n) is 1.16. The molecular formula is C5H6F3N2. The van der Waals surface area contributed by atoms with Crippen molar-refractivity contribution in [3.05, 3.63) is 18.6 Å². The van der Waals surface area contributed by atoms with Gasteiger partial charge in [-0.2, -0.15) is 13.2 Å². The Labute approximate surface area is 56.3 Å². The van der Waals surface area contributed by atoms with Crippen molar-refractivity contribution in [1.82, 2.24) is 10.2 Å². The van der Waals surface area contributed by atoms with Gasteiger partial charge >= 0.3 is 6.18 Å². The maximum absolute atomic E-state index is 11.8. The maximum Gasteiger partial charge on any atom is 0.432 e. The summed E-state index contributed by atoms with van der Waals surface area (Å²) in [6, 6.07) is 0. The fourth-order valence-corrected chi connectivity index (χ4v) is 0.681. The number of rotatable bonds is 0. The van der Waals surface area contributed by atoms with Crippen LogP contribution < -0.4 is 5.32 Å². The van der Waals surface area contributed by atoms with E-state index in [0.717, 1.165) is 11.1 Å². The molecule has 1 N–H and O–H groups in total. The highest BCUT2D eigenvalue weighted by Gasteiger charge is 2.38. The quantitative estimate of drug-likeness (QED) is 0.556. The zero-order valence-electron chi connectivity index (χ0n) is 5.24. The summed E-state index contributed by atoms with van der Waals surface area (Å²) in [5, 5.41) is 2.35. The van der Waals surface area contributed by atoms with E-state index in [2.05, 4.69) is 5.32 Å². The van der Waals surface area contributed by atoms with Gasteiger partial charge in [-0.3, -0.25) is 0 Å². The molecule has 1 rings (SSSR count). The van der Waals surface area contributed by atoms with Gasteiger partial charge in [-0.15, -0.1) is 0 Å². The molecule has 0 unspecified atom stereocenters. The van der Waals surface area contributed by atoms with Crippen molar-refractivity contribution in [2.45, 2.75) is 6.18 Å². The lowest BCUT2D eigenvalue weighted by atomic mass is 10.4. The van der Waals surface area contributed by atoms with Crippen LogP contribution in [0.2, 0.25) is 0 Å². The molecule has 1 aliphatic rings. The van der Waals surface area contributed by atoms with E-state index in [1.165, 1.54) is 13.7 Å². The third kappa shape index (κ3) is 1.17. The Balaban J connectivity index is 2.72. The van der Waals surface area contributed by atoms with Crippen molar-refractivity contribution in [1.29, 1.82) is 0 Å². The molecule has 0 saturated heterocycles. The Bertz CT molecular complexity index is 161. The summed E-state index contributed by atoms with van der Waals surface area (Å²) >= 11 is 0. The summed E-state index contributed by atoms with van der Waals surface area (Å²) < 4.78 is 35.5. The van der Waals surface area contributed by atoms with Crippen molar-refractivity contribution < 1.29 is 13.2 Å². The zero-order valence-corrected chi connectivity index (χ0v) is 5.24. The molecule has 0 aromatic carbocycles. The van der Waals surface area contributed by atoms with Crippen LogP contribution in [0.4, 0.5) is 13.2 Å². The summed E-state index contributed by atoms with van der Waals surface area (Å²) in [7, 11) is 1.33. The number of hydrogen-bond acceptors (Lipinski definition) is 2. The molecule has 0 fully saturated rings. The first-order chi connectivity index (χ1) is 4.52. The molecule has 1 heterocycles. The lowest BCUT2D eigenvalue weighted by Gasteiger charge is -2.15. The van der Waals surface area contributed by atoms with Gasteiger partial charge in [0.05, 0.1) is 0 Å². The van der Waals surface area contributed by atoms with Gasteiger partial charge in [0.1, 0.15) is 12.4 Å². The molecule has 5 heteroatoms. The SMILES string of the molecule is CN1[CH]NC=C1C(F)(F)F. The smallest absolute Gasteiger partial charge is 0.366 e. The molecule has 1 radical (unpaired) electrons. The summed E-state index contributed by atoms with van der Waals surface area (Å²) in [5.74, 6) is 0. The van der Waals surface area contributed by atoms with Gasteiger partial charge in [-0.25, -0.2) is 0 Å². The van der Waals surface area contributed by atoms with Crippen LogP contribution in [0.15, 0.2) is 11.9 Å². The minimum absolute atomic E-state index is 0.674. The Kier molecular flexibility index (Phi) is 1.50. The Morgan fingerprint density at radius 3 is 2.30 bits per heavy atom. The maximum atomic E-state index is 11.8. The Hall–Kier alpha value is -0.870. The van der Waals surface area contributed by atoms with Crippen LogP contribution in [0.3, 0.4) is 0 Å². The molecule has 1 aliphatic heterocycles. The molecule has 0 aliphatic carbocycles. The van der Waals surface area contributed by atoms with E-state index in [9.17, 15) is 13.2 Å². The third-order valence-corrected chi connectivity index (χ3v) is 1.16. The average molecular weight is 151 g/mol. The monoisotopic (exact) mass is 151 g/mol. The first kappa shape index (κ1) is 7.24. The minimum atomic E-state index is -4.26. The lowest BCUT2D eigenvalue weighted by Crippen LogP contribution is -2.23. The van der Waals surface area contributed by atoms with Gasteiger partial charge in [-0.05, 0) is 0 Å². The van der Waals surface area contributed by atoms with E-state index in [4.69, 9.17) is 0 Å². The second kappa shape index (κ2) is 2.07. The molecule has 0 atom stereocenters. The lowest BCUT2D eigenvalue weighted by molar-refractivity contribution is -0.105. The number of hydrogen-bond donors (Lipinski definition) is 1. The molecule has 2 nitrogen and oxygen atoms in total. The molecule has 10 heavy (non-hydrogen) atoms. The van der Waals surface area contributed by atoms with Gasteiger partial charge < -0.3 is 10.2 Å². The summed E-state index contributed by atoms with van der Waals surface area (Å²) in [4.78, 5) is 0.986. The average Bonchev–Trinajstić information content (AvgIpc) is 2.11. The molecule has 0 spiro atoms. The highest BCUT2D eigenvalue weighted by Crippen LogP contribution is 2.29. The predicted molar refractivity (Wildman–Crippen MR) is 29.3 cm³/mol. The van der Waals surface area contributed by atoms with E-state index >= 15 is 0 Å². The molecule has 0 aromatic rings. The van der Waals surface area contributed by atoms with Crippen LogP contribution in [0.1, 0.15) is 0 Å². The van der Waals surface area contributed by atoms with Crippen molar-refractivity contribution >= 4 is 0 Å². The van der Waals surface area contributed by atoms with Crippen molar-refractivity contribution in [3.63, 3.8) is 0 Å². The van der Waals surface area contributed by atoms with Crippen LogP contribution >= 0.6 is 0 Å². The summed E-state index contributed by atoms with van der Waals surface area (Å²) in [5.41, 5.74) is -0.674. The second-order valence-electron chi connectivity index (χ2n) is 1.93. The standard InChI is InChI=1S/C5H6F3N2/c1-10-3-9-2-4(10)5(6,7)8/h2-3,9H,1H3. The van der Waals surface area contributed by atoms with Crippen LogP contribution in [-0.4, -0.2) is 18.1 Å². The van der Waals surface area contributed by atoms with Gasteiger partial charge in [0.2, 0.25) is 0 Å². The number of halogens is 3. The van der Waals surface area contributed by atoms with Crippen LogP contribution in [0, 0.1) is 6.67 Å². The number of allylic oxidation sites excluding steroid dienone is 1. The van der Waals surface area contributed by atoms with Crippen LogP contribution in [0.25, 0.3) is 0 Å². The van der Waals surface area contributed by atoms with Crippen molar-refractivity contribution in [3.8, 4) is 0 Å². The number of alkyl halides is 3. The van der Waals surface area contributed by atoms with Crippen molar-refractivity contribution in [2.24, 2.45) is 0 Å². The predicted octanol–water partition coefficient (Wildman–Crippen LogP) is 1.04. The minimum Gasteiger partial charge on any atom is -0.366 e. The van der Waals surface area contributed by atoms with E-state index in [1.807, 2.05) is 0 Å². The fraction of sp³-hybridized carbons (Fsp3) is 0.400. The van der Waals surface area contributed by atoms with Crippen LogP contribution in [-0.2, 0) is 0 Å². The van der Waals surface area contributed by atoms with Crippen LogP contribution in [0.5, 0.6) is 0 Å². The second-order valence-corrected chi connectivity index (χ2v) is 1.93. The topological polar surface area (TPSA) is 15.3 Å². The van der Waals surface area contributed by atoms with Gasteiger partial charge in [0, 0.05) is 13.2 Å². The molecule has 0 aromatic heterocycles. The Morgan fingerprint density at radius 2 is 2.10 bits per heavy atom. The van der Waals surface area contributed by atoms with E-state index in [0.29, 0.717) is 0 Å². The van der Waals surface area contributed by atoms with Gasteiger partial charge in [0.15, 0.2) is 0 Å². The van der Waals surface area contributed by atoms with E-state index in [1.54, 1.807) is 0 Å². The largest absolute Gasteiger partial charge is 0.432 e. The first-order valence-electron chi connectivity index (χ1n) is 2.61. The molecule has 57 valence electrons. The number of nitrogens with one attached hydrogen (secondary N) is 1. The fourth-order valence-electron chi connectivity index (χ4n) is 0.681.